The summed E-state index contributed by atoms with van der Waals surface area (Å²) in [5.74, 6) is 3.24. The number of hydrogen-bond acceptors (Lipinski definition) is 7. The molecule has 7 heteroatoms. The minimum Gasteiger partial charge on any atom is -0.493 e. The summed E-state index contributed by atoms with van der Waals surface area (Å²) in [6, 6.07) is 28.6. The van der Waals surface area contributed by atoms with E-state index < -0.39 is 6.10 Å². The zero-order valence-electron chi connectivity index (χ0n) is 25.0. The zero-order chi connectivity index (χ0) is 29.8. The molecule has 1 N–H and O–H groups in total. The first-order chi connectivity index (χ1) is 21.1. The van der Waals surface area contributed by atoms with Crippen molar-refractivity contribution in [3.8, 4) is 28.7 Å². The van der Waals surface area contributed by atoms with Gasteiger partial charge in [-0.15, -0.1) is 0 Å². The van der Waals surface area contributed by atoms with Gasteiger partial charge in [-0.1, -0.05) is 60.7 Å². The van der Waals surface area contributed by atoms with Gasteiger partial charge in [-0.2, -0.15) is 0 Å². The molecule has 43 heavy (non-hydrogen) atoms. The summed E-state index contributed by atoms with van der Waals surface area (Å²) in [5.41, 5.74) is 5.63. The van der Waals surface area contributed by atoms with Crippen LogP contribution in [0.5, 0.6) is 28.7 Å². The van der Waals surface area contributed by atoms with Crippen molar-refractivity contribution in [2.45, 2.75) is 50.7 Å². The van der Waals surface area contributed by atoms with Gasteiger partial charge >= 0.3 is 0 Å². The van der Waals surface area contributed by atoms with Gasteiger partial charge in [0.05, 0.1) is 27.4 Å². The molecule has 1 saturated heterocycles. The lowest BCUT2D eigenvalue weighted by Crippen LogP contribution is -2.45. The molecule has 6 rings (SSSR count). The van der Waals surface area contributed by atoms with Gasteiger partial charge in [-0.05, 0) is 71.3 Å². The second-order valence-corrected chi connectivity index (χ2v) is 11.1. The lowest BCUT2D eigenvalue weighted by Gasteiger charge is -2.47. The van der Waals surface area contributed by atoms with E-state index >= 15 is 0 Å². The van der Waals surface area contributed by atoms with Crippen LogP contribution in [0.15, 0.2) is 84.9 Å². The lowest BCUT2D eigenvalue weighted by atomic mass is 9.81. The number of benzene rings is 4. The summed E-state index contributed by atoms with van der Waals surface area (Å²) in [6.45, 7) is 1.75. The van der Waals surface area contributed by atoms with Crippen LogP contribution in [0.3, 0.4) is 0 Å². The van der Waals surface area contributed by atoms with E-state index in [0.717, 1.165) is 35.4 Å². The van der Waals surface area contributed by atoms with Crippen LogP contribution in [-0.2, 0) is 19.6 Å². The number of ether oxygens (including phenoxy) is 5. The van der Waals surface area contributed by atoms with Crippen LogP contribution in [0.2, 0.25) is 0 Å². The molecule has 2 heterocycles. The quantitative estimate of drug-likeness (QED) is 0.224. The lowest BCUT2D eigenvalue weighted by molar-refractivity contribution is -0.00704. The van der Waals surface area contributed by atoms with Crippen molar-refractivity contribution >= 4 is 0 Å². The van der Waals surface area contributed by atoms with Gasteiger partial charge in [-0.3, -0.25) is 4.90 Å². The van der Waals surface area contributed by atoms with Crippen LogP contribution < -0.4 is 23.7 Å². The van der Waals surface area contributed by atoms with Gasteiger partial charge < -0.3 is 28.8 Å². The second-order valence-electron chi connectivity index (χ2n) is 11.1. The standard InChI is InChI=1S/C36H39NO6/c1-39-34-17-27(18-35(40-2)36(34)41-3)30-19-28(38)20-31-29-21-33(43-23-25-12-8-5-9-13-25)32(16-26(29)14-15-37(30)31)42-22-24-10-6-4-7-11-24/h4-13,16-18,21,28,30-31,38H,14-15,19-20,22-23H2,1-3H3/t28-,30-,31-/m0/s1. The van der Waals surface area contributed by atoms with E-state index in [-0.39, 0.29) is 12.1 Å². The Morgan fingerprint density at radius 1 is 0.674 bits per heavy atom. The van der Waals surface area contributed by atoms with Crippen LogP contribution in [-0.4, -0.2) is 44.0 Å². The smallest absolute Gasteiger partial charge is 0.203 e. The fraction of sp³-hybridized carbons (Fsp3) is 0.333. The highest BCUT2D eigenvalue weighted by molar-refractivity contribution is 5.55. The summed E-state index contributed by atoms with van der Waals surface area (Å²) in [4.78, 5) is 2.50. The molecule has 0 spiro atoms. The first-order valence-electron chi connectivity index (χ1n) is 14.8. The average molecular weight is 582 g/mol. The Bertz CT molecular complexity index is 1500. The van der Waals surface area contributed by atoms with Gasteiger partial charge in [0.1, 0.15) is 13.2 Å². The van der Waals surface area contributed by atoms with Crippen molar-refractivity contribution in [2.24, 2.45) is 0 Å². The zero-order valence-corrected chi connectivity index (χ0v) is 25.0. The van der Waals surface area contributed by atoms with Gasteiger partial charge in [0, 0.05) is 18.6 Å². The SMILES string of the molecule is COc1cc([C@@H]2C[C@H](O)C[C@H]3c4cc(OCc5ccccc5)c(OCc5ccccc5)cc4CCN23)cc(OC)c1OC. The highest BCUT2D eigenvalue weighted by Crippen LogP contribution is 2.50. The summed E-state index contributed by atoms with van der Waals surface area (Å²) >= 11 is 0. The van der Waals surface area contributed by atoms with E-state index in [2.05, 4.69) is 41.3 Å². The molecule has 7 nitrogen and oxygen atoms in total. The summed E-state index contributed by atoms with van der Waals surface area (Å²) < 4.78 is 29.7. The minimum absolute atomic E-state index is 0.0155. The van der Waals surface area contributed by atoms with E-state index in [1.54, 1.807) is 21.3 Å². The molecule has 4 aromatic carbocycles. The van der Waals surface area contributed by atoms with Crippen LogP contribution in [0.1, 0.15) is 52.7 Å². The Morgan fingerprint density at radius 3 is 1.79 bits per heavy atom. The van der Waals surface area contributed by atoms with Crippen LogP contribution in [0, 0.1) is 0 Å². The Labute approximate surface area is 253 Å². The van der Waals surface area contributed by atoms with Gasteiger partial charge in [0.2, 0.25) is 5.75 Å². The molecule has 0 bridgehead atoms. The van der Waals surface area contributed by atoms with Crippen molar-refractivity contribution in [2.75, 3.05) is 27.9 Å². The summed E-state index contributed by atoms with van der Waals surface area (Å²) in [5, 5.41) is 11.2. The van der Waals surface area contributed by atoms with Gasteiger partial charge in [0.25, 0.3) is 0 Å². The van der Waals surface area contributed by atoms with Crippen LogP contribution >= 0.6 is 0 Å². The third-order valence-corrected chi connectivity index (χ3v) is 8.54. The van der Waals surface area contributed by atoms with E-state index in [4.69, 9.17) is 23.7 Å². The van der Waals surface area contributed by atoms with E-state index in [1.165, 1.54) is 11.1 Å². The van der Waals surface area contributed by atoms with Crippen molar-refractivity contribution in [3.05, 3.63) is 113 Å². The number of methoxy groups -OCH3 is 3. The number of hydrogen-bond donors (Lipinski definition) is 1. The fourth-order valence-corrected chi connectivity index (χ4v) is 6.43. The Kier molecular flexibility index (Phi) is 8.72. The molecule has 224 valence electrons. The van der Waals surface area contributed by atoms with E-state index in [9.17, 15) is 5.11 Å². The molecule has 3 atom stereocenters. The summed E-state index contributed by atoms with van der Waals surface area (Å²) in [7, 11) is 4.87. The van der Waals surface area contributed by atoms with Crippen molar-refractivity contribution in [1.82, 2.24) is 4.90 Å². The van der Waals surface area contributed by atoms with Crippen LogP contribution in [0.4, 0.5) is 0 Å². The Morgan fingerprint density at radius 2 is 1.23 bits per heavy atom. The maximum absolute atomic E-state index is 11.2. The first-order valence-corrected chi connectivity index (χ1v) is 14.8. The molecule has 0 saturated carbocycles. The molecule has 2 aliphatic rings. The number of aliphatic hydroxyl groups is 1. The number of aliphatic hydroxyl groups excluding tert-OH is 1. The van der Waals surface area contributed by atoms with E-state index in [0.29, 0.717) is 49.1 Å². The van der Waals surface area contributed by atoms with Crippen LogP contribution in [0.25, 0.3) is 0 Å². The molecule has 0 unspecified atom stereocenters. The Hall–Kier alpha value is -4.20. The number of piperidine rings is 1. The second kappa shape index (κ2) is 13.0. The molecule has 0 amide bonds. The average Bonchev–Trinajstić information content (AvgIpc) is 3.05. The van der Waals surface area contributed by atoms with Crippen molar-refractivity contribution in [1.29, 1.82) is 0 Å². The molecule has 0 aromatic heterocycles. The Balaban J connectivity index is 1.34. The highest BCUT2D eigenvalue weighted by Gasteiger charge is 2.40. The number of fused-ring (bicyclic) bond motifs is 3. The molecule has 4 aromatic rings. The molecule has 0 radical (unpaired) electrons. The predicted octanol–water partition coefficient (Wildman–Crippen LogP) is 6.67. The third-order valence-electron chi connectivity index (χ3n) is 8.54. The number of nitrogens with zero attached hydrogens (tertiary/aromatic N) is 1. The predicted molar refractivity (Wildman–Crippen MR) is 165 cm³/mol. The first kappa shape index (κ1) is 28.9. The monoisotopic (exact) mass is 581 g/mol. The maximum Gasteiger partial charge on any atom is 0.203 e. The van der Waals surface area contributed by atoms with Crippen molar-refractivity contribution < 1.29 is 28.8 Å². The van der Waals surface area contributed by atoms with Crippen molar-refractivity contribution in [3.63, 3.8) is 0 Å². The maximum atomic E-state index is 11.2. The largest absolute Gasteiger partial charge is 0.493 e. The fourth-order valence-electron chi connectivity index (χ4n) is 6.43. The summed E-state index contributed by atoms with van der Waals surface area (Å²) in [6.07, 6.45) is 1.68. The topological polar surface area (TPSA) is 69.6 Å². The molecular formula is C36H39NO6. The minimum atomic E-state index is -0.459. The highest BCUT2D eigenvalue weighted by atomic mass is 16.5. The molecule has 1 fully saturated rings. The van der Waals surface area contributed by atoms with Gasteiger partial charge in [-0.25, -0.2) is 0 Å². The molecular weight excluding hydrogens is 542 g/mol. The number of rotatable bonds is 10. The van der Waals surface area contributed by atoms with Gasteiger partial charge in [0.15, 0.2) is 23.0 Å². The molecule has 2 aliphatic heterocycles. The normalized spacial score (nSPS) is 19.6. The molecule has 0 aliphatic carbocycles. The van der Waals surface area contributed by atoms with E-state index in [1.807, 2.05) is 48.5 Å². The third kappa shape index (κ3) is 6.14.